The van der Waals surface area contributed by atoms with Crippen LogP contribution < -0.4 is 0 Å². The lowest BCUT2D eigenvalue weighted by Gasteiger charge is -2.13. The molecule has 7 nitrogen and oxygen atoms in total. The van der Waals surface area contributed by atoms with Gasteiger partial charge >= 0.3 is 11.9 Å². The highest BCUT2D eigenvalue weighted by Gasteiger charge is 2.06. The Morgan fingerprint density at radius 1 is 1.05 bits per heavy atom. The molecule has 0 aromatic carbocycles. The SMILES string of the molecule is COC(COCCOC(=O)CCCCC(=O)O)OC. The molecule has 0 fully saturated rings. The lowest BCUT2D eigenvalue weighted by atomic mass is 10.2. The molecule has 1 N–H and O–H groups in total. The molecule has 0 spiro atoms. The average molecular weight is 278 g/mol. The quantitative estimate of drug-likeness (QED) is 0.321. The maximum absolute atomic E-state index is 11.2. The van der Waals surface area contributed by atoms with E-state index in [9.17, 15) is 9.59 Å². The topological polar surface area (TPSA) is 91.3 Å². The van der Waals surface area contributed by atoms with Crippen molar-refractivity contribution in [3.8, 4) is 0 Å². The Kier molecular flexibility index (Phi) is 11.1. The fourth-order valence-corrected chi connectivity index (χ4v) is 1.24. The molecule has 19 heavy (non-hydrogen) atoms. The molecule has 0 aliphatic rings. The molecule has 112 valence electrons. The molecule has 0 unspecified atom stereocenters. The second-order valence-corrected chi connectivity index (χ2v) is 3.80. The van der Waals surface area contributed by atoms with Gasteiger partial charge < -0.3 is 24.1 Å². The van der Waals surface area contributed by atoms with Crippen LogP contribution in [0.1, 0.15) is 25.7 Å². The summed E-state index contributed by atoms with van der Waals surface area (Å²) in [4.78, 5) is 21.5. The first-order valence-electron chi connectivity index (χ1n) is 6.11. The van der Waals surface area contributed by atoms with Crippen molar-refractivity contribution in [1.29, 1.82) is 0 Å². The maximum atomic E-state index is 11.2. The number of carbonyl (C=O) groups is 2. The molecule has 0 aromatic heterocycles. The third kappa shape index (κ3) is 11.6. The minimum atomic E-state index is -0.854. The van der Waals surface area contributed by atoms with Crippen molar-refractivity contribution in [3.63, 3.8) is 0 Å². The number of ether oxygens (including phenoxy) is 4. The number of hydrogen-bond acceptors (Lipinski definition) is 6. The maximum Gasteiger partial charge on any atom is 0.305 e. The van der Waals surface area contributed by atoms with E-state index in [4.69, 9.17) is 24.1 Å². The Morgan fingerprint density at radius 3 is 2.26 bits per heavy atom. The van der Waals surface area contributed by atoms with Gasteiger partial charge in [0.1, 0.15) is 6.61 Å². The van der Waals surface area contributed by atoms with E-state index in [-0.39, 0.29) is 38.6 Å². The highest BCUT2D eigenvalue weighted by Crippen LogP contribution is 2.01. The Hall–Kier alpha value is -1.18. The van der Waals surface area contributed by atoms with E-state index in [0.717, 1.165) is 0 Å². The number of carbonyl (C=O) groups excluding carboxylic acids is 1. The fraction of sp³-hybridized carbons (Fsp3) is 0.833. The molecule has 0 rings (SSSR count). The third-order valence-electron chi connectivity index (χ3n) is 2.29. The zero-order chi connectivity index (χ0) is 14.5. The molecule has 0 aliphatic carbocycles. The number of esters is 1. The van der Waals surface area contributed by atoms with Crippen molar-refractivity contribution < 1.29 is 33.6 Å². The van der Waals surface area contributed by atoms with Gasteiger partial charge in [-0.25, -0.2) is 0 Å². The molecule has 0 bridgehead atoms. The molecule has 0 atom stereocenters. The zero-order valence-electron chi connectivity index (χ0n) is 11.4. The summed E-state index contributed by atoms with van der Waals surface area (Å²) in [6.45, 7) is 0.700. The second-order valence-electron chi connectivity index (χ2n) is 3.80. The average Bonchev–Trinajstić information content (AvgIpc) is 2.39. The van der Waals surface area contributed by atoms with Gasteiger partial charge in [-0.3, -0.25) is 9.59 Å². The first-order chi connectivity index (χ1) is 9.10. The van der Waals surface area contributed by atoms with E-state index in [1.807, 2.05) is 0 Å². The number of hydrogen-bond donors (Lipinski definition) is 1. The summed E-state index contributed by atoms with van der Waals surface area (Å²) in [5, 5.41) is 8.41. The van der Waals surface area contributed by atoms with Crippen LogP contribution in [0.3, 0.4) is 0 Å². The highest BCUT2D eigenvalue weighted by atomic mass is 16.7. The van der Waals surface area contributed by atoms with Crippen LogP contribution in [0, 0.1) is 0 Å². The van der Waals surface area contributed by atoms with Crippen molar-refractivity contribution in [1.82, 2.24) is 0 Å². The van der Waals surface area contributed by atoms with E-state index < -0.39 is 12.3 Å². The largest absolute Gasteiger partial charge is 0.481 e. The Bertz CT molecular complexity index is 250. The van der Waals surface area contributed by atoms with Crippen molar-refractivity contribution in [2.24, 2.45) is 0 Å². The summed E-state index contributed by atoms with van der Waals surface area (Å²) >= 11 is 0. The van der Waals surface area contributed by atoms with E-state index in [1.165, 1.54) is 14.2 Å². The normalized spacial score (nSPS) is 10.7. The van der Waals surface area contributed by atoms with Gasteiger partial charge in [0.2, 0.25) is 0 Å². The first-order valence-corrected chi connectivity index (χ1v) is 6.11. The van der Waals surface area contributed by atoms with Crippen molar-refractivity contribution in [2.75, 3.05) is 34.0 Å². The van der Waals surface area contributed by atoms with Gasteiger partial charge in [0.25, 0.3) is 0 Å². The summed E-state index contributed by atoms with van der Waals surface area (Å²) in [5.74, 6) is -1.20. The van der Waals surface area contributed by atoms with Crippen LogP contribution in [-0.4, -0.2) is 57.4 Å². The van der Waals surface area contributed by atoms with Crippen LogP contribution in [0.4, 0.5) is 0 Å². The molecule has 0 heterocycles. The van der Waals surface area contributed by atoms with E-state index in [1.54, 1.807) is 0 Å². The van der Waals surface area contributed by atoms with Gasteiger partial charge in [-0.1, -0.05) is 0 Å². The highest BCUT2D eigenvalue weighted by molar-refractivity contribution is 5.69. The molecular formula is C12H22O7. The zero-order valence-corrected chi connectivity index (χ0v) is 11.4. The summed E-state index contributed by atoms with van der Waals surface area (Å²) in [6.07, 6.45) is 0.871. The van der Waals surface area contributed by atoms with Crippen molar-refractivity contribution in [3.05, 3.63) is 0 Å². The van der Waals surface area contributed by atoms with Gasteiger partial charge in [-0.05, 0) is 12.8 Å². The first kappa shape index (κ1) is 17.8. The van der Waals surface area contributed by atoms with Crippen LogP contribution in [0.25, 0.3) is 0 Å². The Balaban J connectivity index is 3.36. The van der Waals surface area contributed by atoms with Crippen LogP contribution in [0.15, 0.2) is 0 Å². The number of methoxy groups -OCH3 is 2. The smallest absolute Gasteiger partial charge is 0.305 e. The van der Waals surface area contributed by atoms with E-state index in [2.05, 4.69) is 0 Å². The number of aliphatic carboxylic acids is 1. The van der Waals surface area contributed by atoms with Gasteiger partial charge in [-0.2, -0.15) is 0 Å². The fourth-order valence-electron chi connectivity index (χ4n) is 1.24. The second kappa shape index (κ2) is 11.9. The summed E-state index contributed by atoms with van der Waals surface area (Å²) in [6, 6.07) is 0. The predicted molar refractivity (Wildman–Crippen MR) is 65.7 cm³/mol. The minimum absolute atomic E-state index is 0.0752. The Morgan fingerprint density at radius 2 is 1.68 bits per heavy atom. The summed E-state index contributed by atoms with van der Waals surface area (Å²) < 4.78 is 19.9. The third-order valence-corrected chi connectivity index (χ3v) is 2.29. The van der Waals surface area contributed by atoms with Gasteiger partial charge in [0, 0.05) is 27.1 Å². The van der Waals surface area contributed by atoms with E-state index in [0.29, 0.717) is 12.8 Å². The minimum Gasteiger partial charge on any atom is -0.481 e. The van der Waals surface area contributed by atoms with Crippen molar-refractivity contribution in [2.45, 2.75) is 32.0 Å². The van der Waals surface area contributed by atoms with E-state index >= 15 is 0 Å². The molecule has 0 radical (unpaired) electrons. The number of carboxylic acid groups (broad SMARTS) is 1. The monoisotopic (exact) mass is 278 g/mol. The van der Waals surface area contributed by atoms with Crippen LogP contribution in [-0.2, 0) is 28.5 Å². The summed E-state index contributed by atoms with van der Waals surface area (Å²) in [5.41, 5.74) is 0. The molecular weight excluding hydrogens is 256 g/mol. The molecule has 0 amide bonds. The lowest BCUT2D eigenvalue weighted by Crippen LogP contribution is -2.22. The van der Waals surface area contributed by atoms with Crippen LogP contribution in [0.5, 0.6) is 0 Å². The Labute approximate surface area is 112 Å². The summed E-state index contributed by atoms with van der Waals surface area (Å²) in [7, 11) is 3.02. The van der Waals surface area contributed by atoms with Gasteiger partial charge in [-0.15, -0.1) is 0 Å². The van der Waals surface area contributed by atoms with Gasteiger partial charge in [0.15, 0.2) is 6.29 Å². The van der Waals surface area contributed by atoms with Crippen LogP contribution >= 0.6 is 0 Å². The number of carboxylic acids is 1. The van der Waals surface area contributed by atoms with Crippen molar-refractivity contribution >= 4 is 11.9 Å². The predicted octanol–water partition coefficient (Wildman–Crippen LogP) is 0.810. The lowest BCUT2D eigenvalue weighted by molar-refractivity contribution is -0.153. The number of rotatable bonds is 12. The molecule has 0 aliphatic heterocycles. The van der Waals surface area contributed by atoms with Crippen LogP contribution in [0.2, 0.25) is 0 Å². The number of unbranched alkanes of at least 4 members (excludes halogenated alkanes) is 1. The molecule has 0 saturated carbocycles. The standard InChI is InChI=1S/C12H22O7/c1-16-12(17-2)9-18-7-8-19-11(15)6-4-3-5-10(13)14/h12H,3-9H2,1-2H3,(H,13,14). The van der Waals surface area contributed by atoms with Gasteiger partial charge in [0.05, 0.1) is 13.2 Å². The molecule has 0 aromatic rings. The molecule has 0 saturated heterocycles. The molecule has 7 heteroatoms.